The predicted molar refractivity (Wildman–Crippen MR) is 76.7 cm³/mol. The van der Waals surface area contributed by atoms with Crippen LogP contribution in [0.4, 0.5) is 11.4 Å². The Balaban J connectivity index is 2.34. The van der Waals surface area contributed by atoms with Crippen molar-refractivity contribution in [2.75, 3.05) is 11.1 Å². The van der Waals surface area contributed by atoms with Gasteiger partial charge in [-0.05, 0) is 30.7 Å². The van der Waals surface area contributed by atoms with Crippen molar-refractivity contribution >= 4 is 28.9 Å². The summed E-state index contributed by atoms with van der Waals surface area (Å²) in [6.07, 6.45) is 0. The number of carbonyl (C=O) groups excluding carboxylic acids is 1. The van der Waals surface area contributed by atoms with Crippen molar-refractivity contribution in [3.63, 3.8) is 0 Å². The van der Waals surface area contributed by atoms with Gasteiger partial charge < -0.3 is 16.2 Å². The Hall–Kier alpha value is -2.20. The third-order valence-corrected chi connectivity index (χ3v) is 3.09. The molecule has 2 aromatic carbocycles. The maximum absolute atomic E-state index is 12.1. The third kappa shape index (κ3) is 2.63. The molecule has 2 aromatic rings. The Morgan fingerprint density at radius 3 is 2.63 bits per heavy atom. The highest BCUT2D eigenvalue weighted by Crippen LogP contribution is 2.28. The Labute approximate surface area is 115 Å². The molecule has 0 aliphatic heterocycles. The van der Waals surface area contributed by atoms with E-state index in [0.717, 1.165) is 5.56 Å². The van der Waals surface area contributed by atoms with Crippen molar-refractivity contribution in [1.82, 2.24) is 0 Å². The van der Waals surface area contributed by atoms with E-state index in [1.54, 1.807) is 18.2 Å². The molecule has 98 valence electrons. The smallest absolute Gasteiger partial charge is 0.259 e. The number of halogens is 1. The molecule has 0 unspecified atom stereocenters. The summed E-state index contributed by atoms with van der Waals surface area (Å²) in [6.45, 7) is 1.83. The molecule has 0 heterocycles. The molecular weight excluding hydrogens is 264 g/mol. The van der Waals surface area contributed by atoms with Gasteiger partial charge >= 0.3 is 0 Å². The average Bonchev–Trinajstić information content (AvgIpc) is 2.37. The zero-order valence-corrected chi connectivity index (χ0v) is 11.0. The zero-order chi connectivity index (χ0) is 14.0. The van der Waals surface area contributed by atoms with Gasteiger partial charge in [-0.15, -0.1) is 0 Å². The van der Waals surface area contributed by atoms with Gasteiger partial charge in [-0.2, -0.15) is 0 Å². The molecule has 0 saturated carbocycles. The first-order valence-corrected chi connectivity index (χ1v) is 6.02. The van der Waals surface area contributed by atoms with E-state index in [4.69, 9.17) is 17.3 Å². The summed E-state index contributed by atoms with van der Waals surface area (Å²) in [5.74, 6) is -0.689. The molecule has 0 aliphatic carbocycles. The van der Waals surface area contributed by atoms with E-state index < -0.39 is 5.91 Å². The van der Waals surface area contributed by atoms with E-state index in [1.165, 1.54) is 12.1 Å². The number of anilines is 2. The minimum Gasteiger partial charge on any atom is -0.505 e. The van der Waals surface area contributed by atoms with Crippen LogP contribution in [-0.4, -0.2) is 11.0 Å². The SMILES string of the molecule is Cc1cccc(Cl)c1NC(=O)c1cccc(N)c1O. The van der Waals surface area contributed by atoms with Crippen LogP contribution in [0.5, 0.6) is 5.75 Å². The number of para-hydroxylation sites is 2. The van der Waals surface area contributed by atoms with E-state index in [0.29, 0.717) is 10.7 Å². The number of nitrogens with two attached hydrogens (primary N) is 1. The van der Waals surface area contributed by atoms with Crippen LogP contribution in [0.25, 0.3) is 0 Å². The van der Waals surface area contributed by atoms with E-state index in [2.05, 4.69) is 5.32 Å². The average molecular weight is 277 g/mol. The number of aromatic hydroxyl groups is 1. The van der Waals surface area contributed by atoms with Crippen molar-refractivity contribution in [3.05, 3.63) is 52.5 Å². The molecule has 1 amide bonds. The summed E-state index contributed by atoms with van der Waals surface area (Å²) < 4.78 is 0. The number of benzene rings is 2. The number of amides is 1. The Bertz CT molecular complexity index is 621. The minimum atomic E-state index is -0.457. The first-order valence-electron chi connectivity index (χ1n) is 5.64. The number of nitrogens with one attached hydrogen (secondary N) is 1. The van der Waals surface area contributed by atoms with Crippen LogP contribution >= 0.6 is 11.6 Å². The molecule has 2 rings (SSSR count). The quantitative estimate of drug-likeness (QED) is 0.582. The van der Waals surface area contributed by atoms with E-state index in [1.807, 2.05) is 13.0 Å². The van der Waals surface area contributed by atoms with Gasteiger partial charge in [0.25, 0.3) is 5.91 Å². The van der Waals surface area contributed by atoms with Crippen molar-refractivity contribution in [2.45, 2.75) is 6.92 Å². The molecule has 4 nitrogen and oxygen atoms in total. The second kappa shape index (κ2) is 5.20. The first-order chi connectivity index (χ1) is 9.00. The highest BCUT2D eigenvalue weighted by molar-refractivity contribution is 6.34. The molecule has 4 N–H and O–H groups in total. The van der Waals surface area contributed by atoms with E-state index in [-0.39, 0.29) is 17.0 Å². The molecular formula is C14H13ClN2O2. The maximum Gasteiger partial charge on any atom is 0.259 e. The molecule has 0 aliphatic rings. The van der Waals surface area contributed by atoms with Crippen LogP contribution in [0.3, 0.4) is 0 Å². The molecule has 0 aromatic heterocycles. The van der Waals surface area contributed by atoms with E-state index >= 15 is 0 Å². The number of nitrogen functional groups attached to an aromatic ring is 1. The summed E-state index contributed by atoms with van der Waals surface area (Å²) in [4.78, 5) is 12.1. The number of hydrogen-bond acceptors (Lipinski definition) is 3. The number of hydrogen-bond donors (Lipinski definition) is 3. The lowest BCUT2D eigenvalue weighted by atomic mass is 10.1. The van der Waals surface area contributed by atoms with Crippen LogP contribution in [0.15, 0.2) is 36.4 Å². The van der Waals surface area contributed by atoms with Crippen LogP contribution in [-0.2, 0) is 0 Å². The van der Waals surface area contributed by atoms with Gasteiger partial charge in [-0.1, -0.05) is 29.8 Å². The fourth-order valence-corrected chi connectivity index (χ4v) is 1.98. The van der Waals surface area contributed by atoms with Crippen molar-refractivity contribution in [3.8, 4) is 5.75 Å². The van der Waals surface area contributed by atoms with Crippen LogP contribution in [0.1, 0.15) is 15.9 Å². The lowest BCUT2D eigenvalue weighted by Gasteiger charge is -2.11. The topological polar surface area (TPSA) is 75.4 Å². The third-order valence-electron chi connectivity index (χ3n) is 2.77. The second-order valence-corrected chi connectivity index (χ2v) is 4.54. The number of rotatable bonds is 2. The molecule has 0 spiro atoms. The van der Waals surface area contributed by atoms with Gasteiger partial charge in [-0.25, -0.2) is 0 Å². The van der Waals surface area contributed by atoms with Gasteiger partial charge in [0.15, 0.2) is 5.75 Å². The lowest BCUT2D eigenvalue weighted by Crippen LogP contribution is -2.13. The van der Waals surface area contributed by atoms with Crippen LogP contribution in [0.2, 0.25) is 5.02 Å². The number of phenols is 1. The Morgan fingerprint density at radius 2 is 1.95 bits per heavy atom. The molecule has 0 saturated heterocycles. The molecule has 19 heavy (non-hydrogen) atoms. The molecule has 0 bridgehead atoms. The van der Waals surface area contributed by atoms with Gasteiger partial charge in [0.2, 0.25) is 0 Å². The summed E-state index contributed by atoms with van der Waals surface area (Å²) in [5, 5.41) is 12.9. The van der Waals surface area contributed by atoms with Gasteiger partial charge in [-0.3, -0.25) is 4.79 Å². The fourth-order valence-electron chi connectivity index (χ4n) is 1.72. The molecule has 0 atom stereocenters. The minimum absolute atomic E-state index is 0.110. The highest BCUT2D eigenvalue weighted by atomic mass is 35.5. The van der Waals surface area contributed by atoms with Gasteiger partial charge in [0.05, 0.1) is 22.0 Å². The predicted octanol–water partition coefficient (Wildman–Crippen LogP) is 3.19. The van der Waals surface area contributed by atoms with Crippen LogP contribution in [0, 0.1) is 6.92 Å². The van der Waals surface area contributed by atoms with Gasteiger partial charge in [0, 0.05) is 0 Å². The summed E-state index contributed by atoms with van der Waals surface area (Å²) in [5.41, 5.74) is 7.18. The van der Waals surface area contributed by atoms with Crippen LogP contribution < -0.4 is 11.1 Å². The number of aryl methyl sites for hydroxylation is 1. The second-order valence-electron chi connectivity index (χ2n) is 4.13. The Kier molecular flexibility index (Phi) is 3.62. The van der Waals surface area contributed by atoms with Gasteiger partial charge in [0.1, 0.15) is 0 Å². The molecule has 0 radical (unpaired) electrons. The monoisotopic (exact) mass is 276 g/mol. The largest absolute Gasteiger partial charge is 0.505 e. The van der Waals surface area contributed by atoms with Crippen molar-refractivity contribution in [1.29, 1.82) is 0 Å². The van der Waals surface area contributed by atoms with Crippen molar-refractivity contribution in [2.24, 2.45) is 0 Å². The molecule has 5 heteroatoms. The summed E-state index contributed by atoms with van der Waals surface area (Å²) in [7, 11) is 0. The summed E-state index contributed by atoms with van der Waals surface area (Å²) in [6, 6.07) is 9.93. The maximum atomic E-state index is 12.1. The Morgan fingerprint density at radius 1 is 1.26 bits per heavy atom. The normalized spacial score (nSPS) is 10.2. The first kappa shape index (κ1) is 13.2. The standard InChI is InChI=1S/C14H13ClN2O2/c1-8-4-2-6-10(15)12(8)17-14(19)9-5-3-7-11(16)13(9)18/h2-7,18H,16H2,1H3,(H,17,19). The summed E-state index contributed by atoms with van der Waals surface area (Å²) >= 11 is 6.03. The zero-order valence-electron chi connectivity index (χ0n) is 10.3. The number of phenolic OH excluding ortho intramolecular Hbond substituents is 1. The highest BCUT2D eigenvalue weighted by Gasteiger charge is 2.15. The molecule has 0 fully saturated rings. The van der Waals surface area contributed by atoms with Crippen molar-refractivity contribution < 1.29 is 9.90 Å². The number of carbonyl (C=O) groups is 1. The fraction of sp³-hybridized carbons (Fsp3) is 0.0714. The lowest BCUT2D eigenvalue weighted by molar-refractivity contribution is 0.102. The van der Waals surface area contributed by atoms with E-state index in [9.17, 15) is 9.90 Å².